The Bertz CT molecular complexity index is 692. The van der Waals surface area contributed by atoms with Gasteiger partial charge in [-0.1, -0.05) is 6.58 Å². The van der Waals surface area contributed by atoms with Crippen LogP contribution in [0.5, 0.6) is 5.75 Å². The molecular weight excluding hydrogens is 315 g/mol. The van der Waals surface area contributed by atoms with E-state index in [-0.39, 0.29) is 37.0 Å². The number of carbonyl (C=O) groups is 2. The molecule has 1 N–H and O–H groups in total. The Labute approximate surface area is 139 Å². The van der Waals surface area contributed by atoms with E-state index in [1.165, 1.54) is 18.2 Å². The van der Waals surface area contributed by atoms with Crippen LogP contribution in [0.4, 0.5) is 4.39 Å². The normalized spacial score (nSPS) is 10.0. The van der Waals surface area contributed by atoms with Crippen molar-refractivity contribution >= 4 is 18.0 Å². The number of esters is 1. The summed E-state index contributed by atoms with van der Waals surface area (Å²) in [5.41, 5.74) is 0.512. The lowest BCUT2D eigenvalue weighted by Gasteiger charge is -2.08. The molecule has 0 saturated heterocycles. The van der Waals surface area contributed by atoms with E-state index in [0.29, 0.717) is 5.57 Å². The van der Waals surface area contributed by atoms with Crippen LogP contribution in [-0.4, -0.2) is 25.2 Å². The molecule has 1 aromatic carbocycles. The number of hydrogen-bond acceptors (Lipinski definition) is 5. The smallest absolute Gasteiger partial charge is 0.330 e. The summed E-state index contributed by atoms with van der Waals surface area (Å²) in [7, 11) is 0. The molecular formula is C17H17FN2O4. The minimum absolute atomic E-state index is 0.00909. The maximum Gasteiger partial charge on any atom is 0.330 e. The quantitative estimate of drug-likeness (QED) is 0.342. The SMILES string of the molecule is C=C(C)C(=O)NCOc1ccc(/C=C/C(=O)OCCC#N)c(F)c1. The average Bonchev–Trinajstić information content (AvgIpc) is 2.54. The van der Waals surface area contributed by atoms with Gasteiger partial charge < -0.3 is 14.8 Å². The van der Waals surface area contributed by atoms with Gasteiger partial charge in [-0.25, -0.2) is 9.18 Å². The molecule has 0 aliphatic rings. The van der Waals surface area contributed by atoms with Crippen LogP contribution in [0.1, 0.15) is 18.9 Å². The van der Waals surface area contributed by atoms with Crippen LogP contribution in [-0.2, 0) is 14.3 Å². The van der Waals surface area contributed by atoms with Gasteiger partial charge in [0.2, 0.25) is 5.91 Å². The number of benzene rings is 1. The second kappa shape index (κ2) is 9.79. The number of nitrogens with zero attached hydrogens (tertiary/aromatic N) is 1. The summed E-state index contributed by atoms with van der Waals surface area (Å²) >= 11 is 0. The van der Waals surface area contributed by atoms with Gasteiger partial charge in [0.1, 0.15) is 18.2 Å². The molecule has 1 amide bonds. The first kappa shape index (κ1) is 18.9. The molecule has 0 spiro atoms. The number of halogens is 1. The fourth-order valence-electron chi connectivity index (χ4n) is 1.47. The third-order valence-corrected chi connectivity index (χ3v) is 2.69. The van der Waals surface area contributed by atoms with Crippen LogP contribution < -0.4 is 10.1 Å². The molecule has 0 atom stereocenters. The highest BCUT2D eigenvalue weighted by molar-refractivity contribution is 5.91. The summed E-state index contributed by atoms with van der Waals surface area (Å²) in [5.74, 6) is -1.39. The number of hydrogen-bond donors (Lipinski definition) is 1. The topological polar surface area (TPSA) is 88.4 Å². The first-order valence-corrected chi connectivity index (χ1v) is 7.02. The molecule has 6 nitrogen and oxygen atoms in total. The van der Waals surface area contributed by atoms with Crippen LogP contribution in [0.2, 0.25) is 0 Å². The molecule has 0 aromatic heterocycles. The van der Waals surface area contributed by atoms with Crippen molar-refractivity contribution in [3.63, 3.8) is 0 Å². The van der Waals surface area contributed by atoms with Crippen molar-refractivity contribution in [3.05, 3.63) is 47.8 Å². The predicted octanol–water partition coefficient (Wildman–Crippen LogP) is 2.32. The molecule has 126 valence electrons. The van der Waals surface area contributed by atoms with Crippen molar-refractivity contribution < 1.29 is 23.5 Å². The van der Waals surface area contributed by atoms with Crippen LogP contribution in [0.3, 0.4) is 0 Å². The number of ether oxygens (including phenoxy) is 2. The molecule has 0 unspecified atom stereocenters. The van der Waals surface area contributed by atoms with Gasteiger partial charge in [0, 0.05) is 23.3 Å². The van der Waals surface area contributed by atoms with Gasteiger partial charge in [-0.3, -0.25) is 4.79 Å². The van der Waals surface area contributed by atoms with Crippen molar-refractivity contribution in [2.75, 3.05) is 13.3 Å². The van der Waals surface area contributed by atoms with Gasteiger partial charge in [0.25, 0.3) is 0 Å². The maximum absolute atomic E-state index is 13.9. The summed E-state index contributed by atoms with van der Waals surface area (Å²) in [5, 5.41) is 10.8. The Morgan fingerprint density at radius 2 is 2.21 bits per heavy atom. The largest absolute Gasteiger partial charge is 0.473 e. The first-order chi connectivity index (χ1) is 11.4. The molecule has 1 aromatic rings. The predicted molar refractivity (Wildman–Crippen MR) is 85.1 cm³/mol. The van der Waals surface area contributed by atoms with Gasteiger partial charge in [0.05, 0.1) is 12.5 Å². The Hall–Kier alpha value is -3.14. The van der Waals surface area contributed by atoms with Crippen molar-refractivity contribution in [1.82, 2.24) is 5.32 Å². The van der Waals surface area contributed by atoms with Crippen LogP contribution in [0.15, 0.2) is 36.4 Å². The van der Waals surface area contributed by atoms with E-state index in [0.717, 1.165) is 12.1 Å². The number of nitrogens with one attached hydrogen (secondary N) is 1. The van der Waals surface area contributed by atoms with Gasteiger partial charge in [-0.05, 0) is 25.1 Å². The molecule has 0 aliphatic carbocycles. The van der Waals surface area contributed by atoms with E-state index in [1.54, 1.807) is 6.92 Å². The minimum Gasteiger partial charge on any atom is -0.473 e. The maximum atomic E-state index is 13.9. The lowest BCUT2D eigenvalue weighted by Crippen LogP contribution is -2.27. The highest BCUT2D eigenvalue weighted by Gasteiger charge is 2.05. The van der Waals surface area contributed by atoms with Gasteiger partial charge in [0.15, 0.2) is 6.73 Å². The Morgan fingerprint density at radius 1 is 1.46 bits per heavy atom. The van der Waals surface area contributed by atoms with Crippen molar-refractivity contribution in [2.24, 2.45) is 0 Å². The highest BCUT2D eigenvalue weighted by Crippen LogP contribution is 2.17. The average molecular weight is 332 g/mol. The standard InChI is InChI=1S/C17H17FN2O4/c1-12(2)17(22)20-11-24-14-6-4-13(15(18)10-14)5-7-16(21)23-9-3-8-19/h4-7,10H,1,3,9,11H2,2H3,(H,20,22)/b7-5+. The van der Waals surface area contributed by atoms with Crippen LogP contribution >= 0.6 is 0 Å². The molecule has 0 saturated carbocycles. The molecule has 1 rings (SSSR count). The van der Waals surface area contributed by atoms with Crippen molar-refractivity contribution in [1.29, 1.82) is 5.26 Å². The monoisotopic (exact) mass is 332 g/mol. The molecule has 0 aliphatic heterocycles. The molecule has 0 bridgehead atoms. The Morgan fingerprint density at radius 3 is 2.83 bits per heavy atom. The number of carbonyl (C=O) groups excluding carboxylic acids is 2. The molecule has 24 heavy (non-hydrogen) atoms. The highest BCUT2D eigenvalue weighted by atomic mass is 19.1. The summed E-state index contributed by atoms with van der Waals surface area (Å²) < 4.78 is 23.8. The van der Waals surface area contributed by atoms with Gasteiger partial charge >= 0.3 is 5.97 Å². The van der Waals surface area contributed by atoms with Gasteiger partial charge in [-0.15, -0.1) is 0 Å². The third-order valence-electron chi connectivity index (χ3n) is 2.69. The van der Waals surface area contributed by atoms with E-state index >= 15 is 0 Å². The molecule has 0 radical (unpaired) electrons. The van der Waals surface area contributed by atoms with E-state index in [4.69, 9.17) is 14.7 Å². The second-order valence-electron chi connectivity index (χ2n) is 4.67. The van der Waals surface area contributed by atoms with E-state index in [9.17, 15) is 14.0 Å². The second-order valence-corrected chi connectivity index (χ2v) is 4.67. The zero-order valence-electron chi connectivity index (χ0n) is 13.2. The summed E-state index contributed by atoms with van der Waals surface area (Å²) in [6.45, 7) is 4.90. The number of amides is 1. The number of rotatable bonds is 8. The lowest BCUT2D eigenvalue weighted by molar-refractivity contribution is -0.137. The lowest BCUT2D eigenvalue weighted by atomic mass is 10.2. The molecule has 0 heterocycles. The Kier molecular flexibility index (Phi) is 7.71. The van der Waals surface area contributed by atoms with Crippen molar-refractivity contribution in [2.45, 2.75) is 13.3 Å². The first-order valence-electron chi connectivity index (χ1n) is 7.02. The minimum atomic E-state index is -0.660. The molecule has 0 fully saturated rings. The van der Waals surface area contributed by atoms with E-state index in [2.05, 4.69) is 11.9 Å². The number of nitriles is 1. The van der Waals surface area contributed by atoms with Gasteiger partial charge in [-0.2, -0.15) is 5.26 Å². The Balaban J connectivity index is 2.55. The van der Waals surface area contributed by atoms with E-state index in [1.807, 2.05) is 6.07 Å². The molecule has 7 heteroatoms. The van der Waals surface area contributed by atoms with Crippen molar-refractivity contribution in [3.8, 4) is 11.8 Å². The summed E-state index contributed by atoms with van der Waals surface area (Å²) in [4.78, 5) is 22.6. The summed E-state index contributed by atoms with van der Waals surface area (Å²) in [6, 6.07) is 5.89. The fraction of sp³-hybridized carbons (Fsp3) is 0.235. The van der Waals surface area contributed by atoms with E-state index < -0.39 is 11.8 Å². The fourth-order valence-corrected chi connectivity index (χ4v) is 1.47. The zero-order valence-corrected chi connectivity index (χ0v) is 13.2. The third kappa shape index (κ3) is 6.75. The van der Waals surface area contributed by atoms with Crippen LogP contribution in [0, 0.1) is 17.1 Å². The zero-order chi connectivity index (χ0) is 17.9. The van der Waals surface area contributed by atoms with Crippen LogP contribution in [0.25, 0.3) is 6.08 Å². The summed E-state index contributed by atoms with van der Waals surface area (Å²) in [6.07, 6.45) is 2.43.